The van der Waals surface area contributed by atoms with E-state index in [1.165, 1.54) is 16.7 Å². The third-order valence-electron chi connectivity index (χ3n) is 7.15. The van der Waals surface area contributed by atoms with Crippen molar-refractivity contribution in [3.8, 4) is 11.5 Å². The van der Waals surface area contributed by atoms with Crippen LogP contribution < -0.4 is 14.8 Å². The Hall–Kier alpha value is -4.42. The fraction of sp³-hybridized carbons (Fsp3) is 0.212. The van der Waals surface area contributed by atoms with E-state index < -0.39 is 0 Å². The molecule has 4 aromatic carbocycles. The number of hydrogen-bond acceptors (Lipinski definition) is 5. The van der Waals surface area contributed by atoms with Crippen LogP contribution >= 0.6 is 0 Å². The van der Waals surface area contributed by atoms with Gasteiger partial charge in [-0.1, -0.05) is 54.6 Å². The van der Waals surface area contributed by atoms with Gasteiger partial charge in [-0.15, -0.1) is 0 Å². The molecule has 0 saturated heterocycles. The van der Waals surface area contributed by atoms with Crippen LogP contribution in [0.4, 0.5) is 5.69 Å². The first-order chi connectivity index (χ1) is 19.0. The van der Waals surface area contributed by atoms with Crippen molar-refractivity contribution in [2.45, 2.75) is 19.4 Å². The lowest BCUT2D eigenvalue weighted by atomic mass is 9.98. The number of nitrogens with one attached hydrogen (secondary N) is 1. The molecule has 1 amide bonds. The number of amides is 1. The average Bonchev–Trinajstić information content (AvgIpc) is 3.00. The van der Waals surface area contributed by atoms with Gasteiger partial charge in [-0.2, -0.15) is 0 Å². The van der Waals surface area contributed by atoms with Crippen LogP contribution in [0.1, 0.15) is 43.0 Å². The summed E-state index contributed by atoms with van der Waals surface area (Å²) < 4.78 is 10.9. The lowest BCUT2D eigenvalue weighted by Crippen LogP contribution is -2.32. The first kappa shape index (κ1) is 26.2. The summed E-state index contributed by atoms with van der Waals surface area (Å²) in [5, 5.41) is 2.95. The Balaban J connectivity index is 1.16. The Morgan fingerprint density at radius 3 is 2.15 bits per heavy atom. The zero-order valence-corrected chi connectivity index (χ0v) is 22.3. The molecule has 0 spiro atoms. The molecule has 1 heterocycles. The average molecular weight is 521 g/mol. The number of anilines is 1. The molecule has 6 heteroatoms. The Bertz CT molecular complexity index is 1470. The van der Waals surface area contributed by atoms with Crippen LogP contribution in [0.15, 0.2) is 91.0 Å². The largest absolute Gasteiger partial charge is 0.493 e. The van der Waals surface area contributed by atoms with E-state index in [1.54, 1.807) is 50.6 Å². The summed E-state index contributed by atoms with van der Waals surface area (Å²) in [7, 11) is 3.34. The molecular formula is C33H32N2O4. The number of rotatable bonds is 9. The van der Waals surface area contributed by atoms with E-state index in [-0.39, 0.29) is 11.7 Å². The highest BCUT2D eigenvalue weighted by atomic mass is 16.5. The zero-order valence-electron chi connectivity index (χ0n) is 22.3. The zero-order chi connectivity index (χ0) is 27.2. The molecule has 0 bridgehead atoms. The first-order valence-corrected chi connectivity index (χ1v) is 13.1. The predicted octanol–water partition coefficient (Wildman–Crippen LogP) is 5.79. The summed E-state index contributed by atoms with van der Waals surface area (Å²) >= 11 is 0. The number of ketones is 1. The number of hydrogen-bond donors (Lipinski definition) is 1. The molecule has 4 aromatic rings. The molecule has 1 N–H and O–H groups in total. The molecule has 198 valence electrons. The molecule has 0 aromatic heterocycles. The van der Waals surface area contributed by atoms with E-state index in [0.29, 0.717) is 16.7 Å². The predicted molar refractivity (Wildman–Crippen MR) is 153 cm³/mol. The van der Waals surface area contributed by atoms with Gasteiger partial charge in [0.1, 0.15) is 0 Å². The second kappa shape index (κ2) is 12.0. The Morgan fingerprint density at radius 2 is 1.44 bits per heavy atom. The van der Waals surface area contributed by atoms with Crippen molar-refractivity contribution < 1.29 is 19.1 Å². The minimum absolute atomic E-state index is 0.106. The van der Waals surface area contributed by atoms with Crippen LogP contribution in [-0.2, 0) is 19.4 Å². The minimum Gasteiger partial charge on any atom is -0.493 e. The van der Waals surface area contributed by atoms with Gasteiger partial charge >= 0.3 is 0 Å². The van der Waals surface area contributed by atoms with Crippen molar-refractivity contribution >= 4 is 17.4 Å². The third kappa shape index (κ3) is 6.19. The van der Waals surface area contributed by atoms with Gasteiger partial charge in [0, 0.05) is 42.0 Å². The molecule has 0 radical (unpaired) electrons. The molecule has 0 unspecified atom stereocenters. The Kier molecular flexibility index (Phi) is 8.04. The van der Waals surface area contributed by atoms with Gasteiger partial charge in [0.05, 0.1) is 14.2 Å². The summed E-state index contributed by atoms with van der Waals surface area (Å²) in [4.78, 5) is 28.1. The van der Waals surface area contributed by atoms with Gasteiger partial charge in [-0.05, 0) is 65.9 Å². The van der Waals surface area contributed by atoms with Crippen LogP contribution in [-0.4, -0.2) is 43.9 Å². The lowest BCUT2D eigenvalue weighted by molar-refractivity contribution is 0.102. The second-order valence-corrected chi connectivity index (χ2v) is 9.68. The molecule has 0 saturated carbocycles. The standard InChI is InChI=1S/C33H32N2O4/c1-38-30-20-25-16-18-35(22-28(25)21-31(30)39-2)17-15-23-11-13-29(14-12-23)34-33(37)27-10-6-9-26(19-27)32(36)24-7-4-3-5-8-24/h3-14,19-21H,15-18,22H2,1-2H3,(H,34,37). The van der Waals surface area contributed by atoms with E-state index in [9.17, 15) is 9.59 Å². The van der Waals surface area contributed by atoms with E-state index in [4.69, 9.17) is 9.47 Å². The maximum Gasteiger partial charge on any atom is 0.255 e. The van der Waals surface area contributed by atoms with Crippen LogP contribution in [0.2, 0.25) is 0 Å². The van der Waals surface area contributed by atoms with Crippen LogP contribution in [0, 0.1) is 0 Å². The molecule has 0 aliphatic carbocycles. The second-order valence-electron chi connectivity index (χ2n) is 9.68. The fourth-order valence-corrected chi connectivity index (χ4v) is 4.94. The number of benzene rings is 4. The van der Waals surface area contributed by atoms with Crippen LogP contribution in [0.25, 0.3) is 0 Å². The van der Waals surface area contributed by atoms with E-state index in [0.717, 1.165) is 49.7 Å². The smallest absolute Gasteiger partial charge is 0.255 e. The van der Waals surface area contributed by atoms with Crippen molar-refractivity contribution in [1.82, 2.24) is 4.90 Å². The number of carbonyl (C=O) groups excluding carboxylic acids is 2. The molecule has 5 rings (SSSR count). The molecule has 0 fully saturated rings. The SMILES string of the molecule is COc1cc2c(cc1OC)CN(CCc1ccc(NC(=O)c3cccc(C(=O)c4ccccc4)c3)cc1)CC2. The lowest BCUT2D eigenvalue weighted by Gasteiger charge is -2.29. The van der Waals surface area contributed by atoms with Crippen LogP contribution in [0.3, 0.4) is 0 Å². The van der Waals surface area contributed by atoms with Crippen molar-refractivity contribution in [1.29, 1.82) is 0 Å². The van der Waals surface area contributed by atoms with Crippen molar-refractivity contribution in [2.24, 2.45) is 0 Å². The molecule has 1 aliphatic heterocycles. The topological polar surface area (TPSA) is 67.9 Å². The highest BCUT2D eigenvalue weighted by molar-refractivity contribution is 6.11. The first-order valence-electron chi connectivity index (χ1n) is 13.1. The van der Waals surface area contributed by atoms with E-state index in [1.807, 2.05) is 30.3 Å². The molecular weight excluding hydrogens is 488 g/mol. The molecule has 6 nitrogen and oxygen atoms in total. The van der Waals surface area contributed by atoms with Crippen molar-refractivity contribution in [3.05, 3.63) is 124 Å². The van der Waals surface area contributed by atoms with Gasteiger partial charge in [-0.3, -0.25) is 14.5 Å². The number of carbonyl (C=O) groups is 2. The van der Waals surface area contributed by atoms with Gasteiger partial charge in [0.25, 0.3) is 5.91 Å². The number of nitrogens with zero attached hydrogens (tertiary/aromatic N) is 1. The molecule has 1 aliphatic rings. The summed E-state index contributed by atoms with van der Waals surface area (Å²) in [5.74, 6) is 1.20. The summed E-state index contributed by atoms with van der Waals surface area (Å²) in [5.41, 5.74) is 6.06. The van der Waals surface area contributed by atoms with Crippen LogP contribution in [0.5, 0.6) is 11.5 Å². The van der Waals surface area contributed by atoms with E-state index in [2.05, 4.69) is 34.5 Å². The Morgan fingerprint density at radius 1 is 0.769 bits per heavy atom. The van der Waals surface area contributed by atoms with Gasteiger partial charge in [-0.25, -0.2) is 0 Å². The highest BCUT2D eigenvalue weighted by Crippen LogP contribution is 2.33. The normalized spacial score (nSPS) is 12.9. The maximum atomic E-state index is 12.9. The molecule has 0 atom stereocenters. The van der Waals surface area contributed by atoms with Crippen molar-refractivity contribution in [3.63, 3.8) is 0 Å². The number of ether oxygens (including phenoxy) is 2. The van der Waals surface area contributed by atoms with E-state index >= 15 is 0 Å². The maximum absolute atomic E-state index is 12.9. The summed E-state index contributed by atoms with van der Waals surface area (Å²) in [6.45, 7) is 2.83. The highest BCUT2D eigenvalue weighted by Gasteiger charge is 2.19. The van der Waals surface area contributed by atoms with Gasteiger partial charge in [0.2, 0.25) is 0 Å². The fourth-order valence-electron chi connectivity index (χ4n) is 4.94. The number of fused-ring (bicyclic) bond motifs is 1. The number of methoxy groups -OCH3 is 2. The van der Waals surface area contributed by atoms with Crippen molar-refractivity contribution in [2.75, 3.05) is 32.6 Å². The Labute approximate surface area is 229 Å². The quantitative estimate of drug-likeness (QED) is 0.283. The minimum atomic E-state index is -0.246. The van der Waals surface area contributed by atoms with Gasteiger partial charge in [0.15, 0.2) is 17.3 Å². The summed E-state index contributed by atoms with van der Waals surface area (Å²) in [6, 6.07) is 28.0. The van der Waals surface area contributed by atoms with Gasteiger partial charge < -0.3 is 14.8 Å². The third-order valence-corrected chi connectivity index (χ3v) is 7.15. The monoisotopic (exact) mass is 520 g/mol. The molecule has 39 heavy (non-hydrogen) atoms. The summed E-state index contributed by atoms with van der Waals surface area (Å²) in [6.07, 6.45) is 1.90.